The lowest BCUT2D eigenvalue weighted by atomic mass is 10.0. The van der Waals surface area contributed by atoms with Crippen LogP contribution in [-0.2, 0) is 6.42 Å². The quantitative estimate of drug-likeness (QED) is 0.642. The van der Waals surface area contributed by atoms with Crippen molar-refractivity contribution in [2.75, 3.05) is 25.0 Å². The number of carbonyl (C=O) groups excluding carboxylic acids is 1. The van der Waals surface area contributed by atoms with E-state index >= 15 is 0 Å². The highest BCUT2D eigenvalue weighted by atomic mass is 16.6. The first-order valence-electron chi connectivity index (χ1n) is 8.66. The maximum Gasteiger partial charge on any atom is 0.286 e. The summed E-state index contributed by atoms with van der Waals surface area (Å²) in [4.78, 5) is 29.4. The standard InChI is InChI=1S/C19H22N4O4/c1-19(2)12-22(3)16-10-14(15(23(25)26)11-17(16)27-19)18(24)21-9-6-13-4-7-20-8-5-13/h4-5,7-8,10-11H,6,9,12H2,1-3H3,(H,21,24). The van der Waals surface area contributed by atoms with Crippen molar-refractivity contribution in [2.45, 2.75) is 25.9 Å². The van der Waals surface area contributed by atoms with E-state index < -0.39 is 16.4 Å². The lowest BCUT2D eigenvalue weighted by Gasteiger charge is -2.39. The average molecular weight is 370 g/mol. The Hall–Kier alpha value is -3.16. The number of benzene rings is 1. The Morgan fingerprint density at radius 1 is 1.37 bits per heavy atom. The molecule has 2 heterocycles. The van der Waals surface area contributed by atoms with Crippen molar-refractivity contribution in [1.82, 2.24) is 10.3 Å². The molecule has 27 heavy (non-hydrogen) atoms. The number of nitrogens with zero attached hydrogens (tertiary/aromatic N) is 3. The van der Waals surface area contributed by atoms with Gasteiger partial charge in [-0.25, -0.2) is 0 Å². The van der Waals surface area contributed by atoms with Gasteiger partial charge in [0.05, 0.1) is 23.2 Å². The van der Waals surface area contributed by atoms with E-state index in [0.717, 1.165) is 5.56 Å². The van der Waals surface area contributed by atoms with E-state index in [9.17, 15) is 14.9 Å². The summed E-state index contributed by atoms with van der Waals surface area (Å²) in [5, 5.41) is 14.3. The fourth-order valence-corrected chi connectivity index (χ4v) is 3.22. The first kappa shape index (κ1) is 18.6. The molecule has 1 aliphatic heterocycles. The number of hydrogen-bond acceptors (Lipinski definition) is 6. The Labute approximate surface area is 157 Å². The summed E-state index contributed by atoms with van der Waals surface area (Å²) in [6.45, 7) is 4.81. The van der Waals surface area contributed by atoms with Gasteiger partial charge in [-0.05, 0) is 44.0 Å². The fraction of sp³-hybridized carbons (Fsp3) is 0.368. The van der Waals surface area contributed by atoms with Crippen molar-refractivity contribution in [2.24, 2.45) is 0 Å². The fourth-order valence-electron chi connectivity index (χ4n) is 3.22. The van der Waals surface area contributed by atoms with Gasteiger partial charge in [0.2, 0.25) is 0 Å². The second kappa shape index (κ2) is 7.22. The van der Waals surface area contributed by atoms with E-state index in [-0.39, 0.29) is 11.3 Å². The molecule has 8 heteroatoms. The van der Waals surface area contributed by atoms with Crippen LogP contribution < -0.4 is 15.0 Å². The maximum atomic E-state index is 12.6. The maximum absolute atomic E-state index is 12.6. The van der Waals surface area contributed by atoms with Crippen molar-refractivity contribution in [3.8, 4) is 5.75 Å². The lowest BCUT2D eigenvalue weighted by Crippen LogP contribution is -2.45. The van der Waals surface area contributed by atoms with Crippen LogP contribution in [0.3, 0.4) is 0 Å². The summed E-state index contributed by atoms with van der Waals surface area (Å²) >= 11 is 0. The molecule has 1 amide bonds. The number of pyridine rings is 1. The van der Waals surface area contributed by atoms with Crippen LogP contribution in [-0.4, -0.2) is 41.6 Å². The molecule has 0 saturated carbocycles. The zero-order valence-corrected chi connectivity index (χ0v) is 15.6. The van der Waals surface area contributed by atoms with Crippen LogP contribution in [0.2, 0.25) is 0 Å². The minimum absolute atomic E-state index is 0.0311. The second-order valence-electron chi connectivity index (χ2n) is 7.17. The van der Waals surface area contributed by atoms with Gasteiger partial charge >= 0.3 is 0 Å². The molecule has 1 aromatic carbocycles. The molecule has 0 radical (unpaired) electrons. The number of nitro benzene ring substituents is 1. The summed E-state index contributed by atoms with van der Waals surface area (Å²) in [5.41, 5.74) is 0.994. The molecule has 8 nitrogen and oxygen atoms in total. The predicted octanol–water partition coefficient (Wildman–Crippen LogP) is 2.57. The molecule has 0 saturated heterocycles. The van der Waals surface area contributed by atoms with E-state index in [0.29, 0.717) is 30.9 Å². The van der Waals surface area contributed by atoms with E-state index in [1.54, 1.807) is 12.4 Å². The van der Waals surface area contributed by atoms with Gasteiger partial charge in [0.25, 0.3) is 11.6 Å². The van der Waals surface area contributed by atoms with Crippen LogP contribution in [0.4, 0.5) is 11.4 Å². The van der Waals surface area contributed by atoms with E-state index in [1.807, 2.05) is 37.9 Å². The van der Waals surface area contributed by atoms with E-state index in [2.05, 4.69) is 10.3 Å². The number of rotatable bonds is 5. The molecule has 0 fully saturated rings. The Balaban J connectivity index is 1.82. The largest absolute Gasteiger partial charge is 0.484 e. The normalized spacial score (nSPS) is 14.9. The summed E-state index contributed by atoms with van der Waals surface area (Å²) in [5.74, 6) is -0.0643. The van der Waals surface area contributed by atoms with Gasteiger partial charge in [-0.3, -0.25) is 19.9 Å². The zero-order valence-electron chi connectivity index (χ0n) is 15.6. The Morgan fingerprint density at radius 3 is 2.74 bits per heavy atom. The van der Waals surface area contributed by atoms with Crippen LogP contribution in [0, 0.1) is 10.1 Å². The third-order valence-corrected chi connectivity index (χ3v) is 4.38. The van der Waals surface area contributed by atoms with Crippen LogP contribution >= 0.6 is 0 Å². The van der Waals surface area contributed by atoms with Crippen LogP contribution in [0.1, 0.15) is 29.8 Å². The number of fused-ring (bicyclic) bond motifs is 1. The monoisotopic (exact) mass is 370 g/mol. The highest BCUT2D eigenvalue weighted by Crippen LogP contribution is 2.40. The van der Waals surface area contributed by atoms with Crippen LogP contribution in [0.25, 0.3) is 0 Å². The zero-order chi connectivity index (χ0) is 19.6. The summed E-state index contributed by atoms with van der Waals surface area (Å²) in [7, 11) is 1.88. The molecule has 1 aliphatic rings. The average Bonchev–Trinajstić information content (AvgIpc) is 2.60. The molecular formula is C19H22N4O4. The third-order valence-electron chi connectivity index (χ3n) is 4.38. The van der Waals surface area contributed by atoms with Gasteiger partial charge in [0.1, 0.15) is 16.9 Å². The number of aromatic nitrogens is 1. The topological polar surface area (TPSA) is 97.6 Å². The number of ether oxygens (including phenoxy) is 1. The van der Waals surface area contributed by atoms with Crippen molar-refractivity contribution in [1.29, 1.82) is 0 Å². The molecule has 0 bridgehead atoms. The molecule has 3 rings (SSSR count). The number of hydrogen-bond donors (Lipinski definition) is 1. The highest BCUT2D eigenvalue weighted by Gasteiger charge is 2.33. The summed E-state index contributed by atoms with van der Waals surface area (Å²) < 4.78 is 5.87. The molecule has 0 unspecified atom stereocenters. The third kappa shape index (κ3) is 4.16. The molecule has 1 N–H and O–H groups in total. The molecular weight excluding hydrogens is 348 g/mol. The molecule has 0 aliphatic carbocycles. The number of anilines is 1. The van der Waals surface area contributed by atoms with E-state index in [4.69, 9.17) is 4.74 Å². The number of nitro groups is 1. The SMILES string of the molecule is CN1CC(C)(C)Oc2cc([N+](=O)[O-])c(C(=O)NCCc3ccncc3)cc21. The molecule has 2 aromatic rings. The van der Waals surface area contributed by atoms with Gasteiger partial charge in [0, 0.05) is 26.0 Å². The van der Waals surface area contributed by atoms with Crippen molar-refractivity contribution in [3.63, 3.8) is 0 Å². The number of carbonyl (C=O) groups is 1. The first-order chi connectivity index (χ1) is 12.8. The van der Waals surface area contributed by atoms with Crippen molar-refractivity contribution >= 4 is 17.3 Å². The Bertz CT molecular complexity index is 868. The lowest BCUT2D eigenvalue weighted by molar-refractivity contribution is -0.385. The van der Waals surface area contributed by atoms with Crippen molar-refractivity contribution < 1.29 is 14.5 Å². The molecule has 0 spiro atoms. The number of nitrogens with one attached hydrogen (secondary N) is 1. The van der Waals surface area contributed by atoms with Crippen molar-refractivity contribution in [3.05, 3.63) is 57.9 Å². The highest BCUT2D eigenvalue weighted by molar-refractivity contribution is 6.00. The molecule has 1 aromatic heterocycles. The Kier molecular flexibility index (Phi) is 4.98. The predicted molar refractivity (Wildman–Crippen MR) is 101 cm³/mol. The van der Waals surface area contributed by atoms with Crippen LogP contribution in [0.5, 0.6) is 5.75 Å². The Morgan fingerprint density at radius 2 is 2.07 bits per heavy atom. The molecule has 0 atom stereocenters. The van der Waals surface area contributed by atoms with E-state index in [1.165, 1.54) is 12.1 Å². The van der Waals surface area contributed by atoms with Gasteiger partial charge in [-0.1, -0.05) is 0 Å². The molecule has 142 valence electrons. The number of amides is 1. The number of likely N-dealkylation sites (N-methyl/N-ethyl adjacent to an activating group) is 1. The van der Waals surface area contributed by atoms with Gasteiger partial charge in [0.15, 0.2) is 0 Å². The minimum Gasteiger partial charge on any atom is -0.484 e. The smallest absolute Gasteiger partial charge is 0.286 e. The summed E-state index contributed by atoms with van der Waals surface area (Å²) in [6.07, 6.45) is 3.98. The minimum atomic E-state index is -0.553. The van der Waals surface area contributed by atoms with Gasteiger partial charge in [-0.2, -0.15) is 0 Å². The summed E-state index contributed by atoms with van der Waals surface area (Å²) in [6, 6.07) is 6.60. The first-order valence-corrected chi connectivity index (χ1v) is 8.66. The van der Waals surface area contributed by atoms with Gasteiger partial charge < -0.3 is 15.0 Å². The van der Waals surface area contributed by atoms with Gasteiger partial charge in [-0.15, -0.1) is 0 Å². The second-order valence-corrected chi connectivity index (χ2v) is 7.17. The van der Waals surface area contributed by atoms with Crippen LogP contribution in [0.15, 0.2) is 36.7 Å².